The lowest BCUT2D eigenvalue weighted by Gasteiger charge is -2.35. The van der Waals surface area contributed by atoms with Gasteiger partial charge in [0.2, 0.25) is 12.3 Å². The number of nitrogens with one attached hydrogen (secondary N) is 1. The van der Waals surface area contributed by atoms with Gasteiger partial charge in [-0.2, -0.15) is 0 Å². The van der Waals surface area contributed by atoms with Gasteiger partial charge in [0, 0.05) is 63.1 Å². The van der Waals surface area contributed by atoms with Gasteiger partial charge in [0.15, 0.2) is 0 Å². The molecule has 5 N–H and O–H groups in total. The number of phenolic OH excluding ortho intramolecular Hbond substituents is 1. The van der Waals surface area contributed by atoms with E-state index >= 15 is 0 Å². The summed E-state index contributed by atoms with van der Waals surface area (Å²) >= 11 is 0. The van der Waals surface area contributed by atoms with Crippen LogP contribution in [0.1, 0.15) is 55.9 Å². The van der Waals surface area contributed by atoms with Crippen molar-refractivity contribution in [1.29, 1.82) is 0 Å². The molecule has 0 saturated carbocycles. The number of aryl methyl sites for hydroxylation is 2. The summed E-state index contributed by atoms with van der Waals surface area (Å²) in [7, 11) is 0. The molecule has 2 amide bonds. The molecule has 9 heteroatoms. The van der Waals surface area contributed by atoms with E-state index in [1.54, 1.807) is 41.6 Å². The Labute approximate surface area is 268 Å². The van der Waals surface area contributed by atoms with E-state index < -0.39 is 17.9 Å². The van der Waals surface area contributed by atoms with Crippen molar-refractivity contribution in [1.82, 2.24) is 20.1 Å². The number of benzene rings is 2. The van der Waals surface area contributed by atoms with E-state index in [-0.39, 0.29) is 11.3 Å². The molecule has 2 aromatic carbocycles. The molecule has 0 bridgehead atoms. The number of fused-ring (bicyclic) bond motifs is 1. The molecule has 1 fully saturated rings. The lowest BCUT2D eigenvalue weighted by Crippen LogP contribution is -2.48. The van der Waals surface area contributed by atoms with Crippen LogP contribution < -0.4 is 11.1 Å². The Morgan fingerprint density at radius 1 is 0.956 bits per heavy atom. The first-order valence-corrected chi connectivity index (χ1v) is 15.9. The van der Waals surface area contributed by atoms with Crippen molar-refractivity contribution < 1.29 is 19.8 Å². The van der Waals surface area contributed by atoms with Gasteiger partial charge in [-0.3, -0.25) is 24.4 Å². The summed E-state index contributed by atoms with van der Waals surface area (Å²) in [5.74, 6) is -0.646. The highest BCUT2D eigenvalue weighted by Gasteiger charge is 2.24. The number of hydrogen-bond donors (Lipinski definition) is 4. The molecule has 5 rings (SSSR count). The molecule has 2 atom stereocenters. The number of aliphatic hydroxyl groups is 1. The first-order chi connectivity index (χ1) is 21.5. The smallest absolute Gasteiger partial charge is 0.220 e. The number of aliphatic hydroxyl groups excluding tert-OH is 1. The van der Waals surface area contributed by atoms with Crippen LogP contribution in [0.15, 0.2) is 73.1 Å². The first kappa shape index (κ1) is 35.7. The predicted molar refractivity (Wildman–Crippen MR) is 178 cm³/mol. The van der Waals surface area contributed by atoms with Crippen LogP contribution in [0.25, 0.3) is 0 Å². The quantitative estimate of drug-likeness (QED) is 0.255. The lowest BCUT2D eigenvalue weighted by molar-refractivity contribution is -0.123. The summed E-state index contributed by atoms with van der Waals surface area (Å²) in [5, 5.41) is 22.5. The highest BCUT2D eigenvalue weighted by Crippen LogP contribution is 2.20. The highest BCUT2D eigenvalue weighted by molar-refractivity contribution is 5.77. The molecule has 0 radical (unpaired) electrons. The van der Waals surface area contributed by atoms with Gasteiger partial charge >= 0.3 is 0 Å². The maximum atomic E-state index is 11.9. The number of aromatic nitrogens is 1. The van der Waals surface area contributed by atoms with Crippen molar-refractivity contribution in [2.45, 2.75) is 71.1 Å². The summed E-state index contributed by atoms with van der Waals surface area (Å²) in [6.45, 7) is 10.9. The van der Waals surface area contributed by atoms with E-state index in [1.807, 2.05) is 33.0 Å². The molecule has 0 unspecified atom stereocenters. The largest absolute Gasteiger partial charge is 0.508 e. The number of nitrogens with two attached hydrogens (primary N) is 1. The number of nitrogens with zero attached hydrogens (tertiary/aromatic N) is 3. The van der Waals surface area contributed by atoms with Gasteiger partial charge in [-0.15, -0.1) is 0 Å². The number of pyridine rings is 1. The third-order valence-electron chi connectivity index (χ3n) is 7.94. The van der Waals surface area contributed by atoms with Crippen LogP contribution in [0.3, 0.4) is 0 Å². The molecule has 2 aliphatic rings. The molecular formula is C36H51N5O4. The van der Waals surface area contributed by atoms with E-state index in [0.717, 1.165) is 38.3 Å². The minimum absolute atomic E-state index is 0.0677. The number of carbonyl (C=O) groups excluding carboxylic acids is 2. The van der Waals surface area contributed by atoms with Gasteiger partial charge in [0.1, 0.15) is 5.75 Å². The zero-order valence-corrected chi connectivity index (χ0v) is 27.1. The van der Waals surface area contributed by atoms with Crippen LogP contribution in [0.5, 0.6) is 5.75 Å². The van der Waals surface area contributed by atoms with Gasteiger partial charge in [-0.25, -0.2) is 0 Å². The second-order valence-corrected chi connectivity index (χ2v) is 12.9. The minimum atomic E-state index is -0.602. The molecule has 1 aliphatic heterocycles. The van der Waals surface area contributed by atoms with Crippen LogP contribution >= 0.6 is 0 Å². The van der Waals surface area contributed by atoms with E-state index in [1.165, 1.54) is 24.8 Å². The average Bonchev–Trinajstić information content (AvgIpc) is 3.49. The topological polar surface area (TPSA) is 132 Å². The average molecular weight is 618 g/mol. The van der Waals surface area contributed by atoms with Crippen molar-refractivity contribution in [3.05, 3.63) is 95.3 Å². The monoisotopic (exact) mass is 617 g/mol. The lowest BCUT2D eigenvalue weighted by atomic mass is 9.92. The first-order valence-electron chi connectivity index (χ1n) is 15.9. The normalized spacial score (nSPS) is 16.2. The maximum absolute atomic E-state index is 11.9. The van der Waals surface area contributed by atoms with E-state index in [4.69, 9.17) is 5.73 Å². The van der Waals surface area contributed by atoms with Crippen LogP contribution in [0.4, 0.5) is 0 Å². The maximum Gasteiger partial charge on any atom is 0.220 e. The second kappa shape index (κ2) is 18.2. The van der Waals surface area contributed by atoms with Crippen LogP contribution in [-0.2, 0) is 35.4 Å². The number of primary amides is 1. The Kier molecular flexibility index (Phi) is 14.5. The SMILES string of the molecule is CC(C)(C)NC=O.NC(=O)[C@H](Cc1ccc(O)cc1)C[C@H](O)CN1CCN(Cc2cccnc2)CC1.c1ccc2c(c1)CCC2. The minimum Gasteiger partial charge on any atom is -0.508 e. The van der Waals surface area contributed by atoms with Crippen molar-refractivity contribution in [3.63, 3.8) is 0 Å². The van der Waals surface area contributed by atoms with E-state index in [2.05, 4.69) is 50.4 Å². The molecule has 45 heavy (non-hydrogen) atoms. The second-order valence-electron chi connectivity index (χ2n) is 12.9. The van der Waals surface area contributed by atoms with Gasteiger partial charge in [-0.05, 0) is 93.3 Å². The molecule has 2 heterocycles. The van der Waals surface area contributed by atoms with Crippen molar-refractivity contribution in [3.8, 4) is 5.75 Å². The zero-order valence-electron chi connectivity index (χ0n) is 27.1. The number of hydrogen-bond acceptors (Lipinski definition) is 7. The van der Waals surface area contributed by atoms with Crippen molar-refractivity contribution >= 4 is 12.3 Å². The number of rotatable bonds is 10. The fraction of sp³-hybridized carbons (Fsp3) is 0.472. The van der Waals surface area contributed by atoms with Crippen LogP contribution in [-0.4, -0.2) is 81.7 Å². The summed E-state index contributed by atoms with van der Waals surface area (Å²) < 4.78 is 0. The Morgan fingerprint density at radius 3 is 2.09 bits per heavy atom. The molecule has 1 aromatic heterocycles. The number of piperazine rings is 1. The molecule has 0 spiro atoms. The zero-order chi connectivity index (χ0) is 32.7. The molecular weight excluding hydrogens is 566 g/mol. The van der Waals surface area contributed by atoms with Gasteiger partial charge in [0.05, 0.1) is 6.10 Å². The third kappa shape index (κ3) is 13.8. The van der Waals surface area contributed by atoms with Gasteiger partial charge in [-0.1, -0.05) is 42.5 Å². The number of aromatic hydroxyl groups is 1. The standard InChI is InChI=1S/C22H30N4O3.C9H10.C5H11NO/c23-22(29)19(12-17-3-5-20(27)6-4-17)13-21(28)16-26-10-8-25(9-11-26)15-18-2-1-7-24-14-18;1-2-5-9-7-3-6-8(9)4-1;1-5(2,3)6-4-7/h1-7,14,19,21,27-28H,8-13,15-16H2,(H2,23,29);1-2,4-5H,3,6-7H2;4H,1-3H3,(H,6,7)/t19-,21+;;/m1../s1. The fourth-order valence-electron chi connectivity index (χ4n) is 5.49. The molecule has 9 nitrogen and oxygen atoms in total. The van der Waals surface area contributed by atoms with Crippen LogP contribution in [0.2, 0.25) is 0 Å². The summed E-state index contributed by atoms with van der Waals surface area (Å²) in [4.78, 5) is 30.3. The van der Waals surface area contributed by atoms with E-state index in [0.29, 0.717) is 25.8 Å². The summed E-state index contributed by atoms with van der Waals surface area (Å²) in [5.41, 5.74) is 10.8. The van der Waals surface area contributed by atoms with Crippen LogP contribution in [0, 0.1) is 5.92 Å². The predicted octanol–water partition coefficient (Wildman–Crippen LogP) is 3.71. The van der Waals surface area contributed by atoms with E-state index in [9.17, 15) is 19.8 Å². The fourth-order valence-corrected chi connectivity index (χ4v) is 5.49. The number of phenols is 1. The van der Waals surface area contributed by atoms with Crippen molar-refractivity contribution in [2.75, 3.05) is 32.7 Å². The summed E-state index contributed by atoms with van der Waals surface area (Å²) in [6, 6.07) is 19.5. The Morgan fingerprint density at radius 2 is 1.58 bits per heavy atom. The Balaban J connectivity index is 0.000000279. The third-order valence-corrected chi connectivity index (χ3v) is 7.94. The molecule has 244 valence electrons. The Hall–Kier alpha value is -3.79. The van der Waals surface area contributed by atoms with Gasteiger partial charge in [0.25, 0.3) is 0 Å². The van der Waals surface area contributed by atoms with Crippen molar-refractivity contribution in [2.24, 2.45) is 11.7 Å². The molecule has 1 aliphatic carbocycles. The van der Waals surface area contributed by atoms with Gasteiger partial charge < -0.3 is 21.3 Å². The number of β-amino-alcohol motifs (C(OH)–C–C–N with tert-alkyl or cyclic N) is 1. The summed E-state index contributed by atoms with van der Waals surface area (Å²) in [6.07, 6.45) is 8.55. The molecule has 1 saturated heterocycles. The molecule has 3 aromatic rings. The number of carbonyl (C=O) groups is 2. The Bertz CT molecular complexity index is 1270. The highest BCUT2D eigenvalue weighted by atomic mass is 16.3. The number of amides is 2.